The van der Waals surface area contributed by atoms with E-state index in [1.165, 1.54) is 7.11 Å². The van der Waals surface area contributed by atoms with Crippen LogP contribution in [0.2, 0.25) is 0 Å². The topological polar surface area (TPSA) is 84.7 Å². The van der Waals surface area contributed by atoms with E-state index in [0.29, 0.717) is 42.7 Å². The van der Waals surface area contributed by atoms with Crippen LogP contribution in [0.5, 0.6) is 0 Å². The molecule has 0 spiro atoms. The molecule has 0 atom stereocenters. The summed E-state index contributed by atoms with van der Waals surface area (Å²) >= 11 is 0. The minimum atomic E-state index is -0.458. The standard InChI is InChI=1S/C17H23N3O3.ClH/c1-20(2)11-5-6-13-12-14(19-16(21)7-4-10-18)8-9-15(13)17(22)23-3;/h8-9,12H,4,7,10-11,18H2,1-3H3,(H,19,21);1H. The number of esters is 1. The van der Waals surface area contributed by atoms with Gasteiger partial charge in [-0.25, -0.2) is 4.79 Å². The molecule has 6 nitrogen and oxygen atoms in total. The molecule has 1 aromatic rings. The van der Waals surface area contributed by atoms with Crippen LogP contribution < -0.4 is 11.1 Å². The van der Waals surface area contributed by atoms with Gasteiger partial charge in [-0.2, -0.15) is 0 Å². The quantitative estimate of drug-likeness (QED) is 0.598. The maximum Gasteiger partial charge on any atom is 0.339 e. The van der Waals surface area contributed by atoms with Crippen molar-refractivity contribution in [2.45, 2.75) is 12.8 Å². The SMILES string of the molecule is COC(=O)c1ccc(NC(=O)CCCN)cc1C#CCN(C)C.Cl. The molecule has 1 rings (SSSR count). The third kappa shape index (κ3) is 7.47. The smallest absolute Gasteiger partial charge is 0.339 e. The summed E-state index contributed by atoms with van der Waals surface area (Å²) in [5.41, 5.74) is 6.88. The highest BCUT2D eigenvalue weighted by atomic mass is 35.5. The highest BCUT2D eigenvalue weighted by Gasteiger charge is 2.12. The fraction of sp³-hybridized carbons (Fsp3) is 0.412. The Morgan fingerprint density at radius 2 is 2.04 bits per heavy atom. The van der Waals surface area contributed by atoms with Gasteiger partial charge in [0.05, 0.1) is 19.2 Å². The lowest BCUT2D eigenvalue weighted by Gasteiger charge is -2.08. The monoisotopic (exact) mass is 353 g/mol. The van der Waals surface area contributed by atoms with Crippen LogP contribution >= 0.6 is 12.4 Å². The van der Waals surface area contributed by atoms with Crippen LogP contribution in [0, 0.1) is 11.8 Å². The number of ether oxygens (including phenoxy) is 1. The van der Waals surface area contributed by atoms with E-state index >= 15 is 0 Å². The molecule has 0 bridgehead atoms. The van der Waals surface area contributed by atoms with Crippen molar-refractivity contribution in [2.24, 2.45) is 5.73 Å². The minimum absolute atomic E-state index is 0. The van der Waals surface area contributed by atoms with E-state index in [-0.39, 0.29) is 18.3 Å². The number of carbonyl (C=O) groups is 2. The van der Waals surface area contributed by atoms with Gasteiger partial charge < -0.3 is 15.8 Å². The van der Waals surface area contributed by atoms with Gasteiger partial charge in [-0.05, 0) is 45.3 Å². The van der Waals surface area contributed by atoms with Crippen molar-refractivity contribution in [3.8, 4) is 11.8 Å². The third-order valence-corrected chi connectivity index (χ3v) is 2.93. The Bertz CT molecular complexity index is 621. The molecule has 0 radical (unpaired) electrons. The summed E-state index contributed by atoms with van der Waals surface area (Å²) in [5.74, 6) is 5.35. The Labute approximate surface area is 149 Å². The van der Waals surface area contributed by atoms with E-state index in [2.05, 4.69) is 17.2 Å². The minimum Gasteiger partial charge on any atom is -0.465 e. The van der Waals surface area contributed by atoms with E-state index in [9.17, 15) is 9.59 Å². The summed E-state index contributed by atoms with van der Waals surface area (Å²) in [6.07, 6.45) is 0.985. The number of nitrogens with one attached hydrogen (secondary N) is 1. The van der Waals surface area contributed by atoms with E-state index < -0.39 is 5.97 Å². The number of halogens is 1. The number of rotatable bonds is 6. The van der Waals surface area contributed by atoms with Crippen molar-refractivity contribution in [3.05, 3.63) is 29.3 Å². The number of anilines is 1. The molecule has 0 heterocycles. The van der Waals surface area contributed by atoms with Crippen LogP contribution in [0.25, 0.3) is 0 Å². The van der Waals surface area contributed by atoms with Crippen molar-refractivity contribution in [1.82, 2.24) is 4.90 Å². The Balaban J connectivity index is 0.00000529. The van der Waals surface area contributed by atoms with Crippen molar-refractivity contribution in [2.75, 3.05) is 39.6 Å². The fourth-order valence-corrected chi connectivity index (χ4v) is 1.79. The Kier molecular flexibility index (Phi) is 10.5. The van der Waals surface area contributed by atoms with Gasteiger partial charge in [0.25, 0.3) is 0 Å². The Hall–Kier alpha value is -2.07. The van der Waals surface area contributed by atoms with Crippen molar-refractivity contribution >= 4 is 30.0 Å². The summed E-state index contributed by atoms with van der Waals surface area (Å²) in [7, 11) is 5.13. The predicted octanol–water partition coefficient (Wildman–Crippen LogP) is 1.49. The molecule has 0 aliphatic rings. The first-order chi connectivity index (χ1) is 11.0. The zero-order valence-electron chi connectivity index (χ0n) is 14.2. The lowest BCUT2D eigenvalue weighted by Crippen LogP contribution is -2.14. The van der Waals surface area contributed by atoms with Crippen LogP contribution in [0.3, 0.4) is 0 Å². The molecule has 0 aromatic heterocycles. The first-order valence-electron chi connectivity index (χ1n) is 7.33. The molecule has 0 saturated heterocycles. The fourth-order valence-electron chi connectivity index (χ4n) is 1.79. The van der Waals surface area contributed by atoms with Gasteiger partial charge in [0.2, 0.25) is 5.91 Å². The third-order valence-electron chi connectivity index (χ3n) is 2.93. The number of methoxy groups -OCH3 is 1. The number of benzene rings is 1. The predicted molar refractivity (Wildman–Crippen MR) is 97.4 cm³/mol. The Morgan fingerprint density at radius 3 is 2.62 bits per heavy atom. The van der Waals surface area contributed by atoms with Gasteiger partial charge in [0.15, 0.2) is 0 Å². The lowest BCUT2D eigenvalue weighted by atomic mass is 10.1. The molecule has 1 amide bonds. The summed E-state index contributed by atoms with van der Waals surface area (Å²) in [6, 6.07) is 4.93. The second-order valence-electron chi connectivity index (χ2n) is 5.23. The van der Waals surface area contributed by atoms with E-state index in [1.54, 1.807) is 18.2 Å². The van der Waals surface area contributed by atoms with Crippen molar-refractivity contribution in [3.63, 3.8) is 0 Å². The second kappa shape index (κ2) is 11.5. The molecular formula is C17H24ClN3O3. The molecule has 1 aromatic carbocycles. The van der Waals surface area contributed by atoms with Crippen molar-refractivity contribution < 1.29 is 14.3 Å². The first-order valence-corrected chi connectivity index (χ1v) is 7.33. The first kappa shape index (κ1) is 21.9. The summed E-state index contributed by atoms with van der Waals surface area (Å²) in [4.78, 5) is 25.5. The zero-order valence-corrected chi connectivity index (χ0v) is 15.0. The summed E-state index contributed by atoms with van der Waals surface area (Å²) < 4.78 is 4.76. The van der Waals surface area contributed by atoms with Crippen LogP contribution in [0.15, 0.2) is 18.2 Å². The van der Waals surface area contributed by atoms with Gasteiger partial charge >= 0.3 is 5.97 Å². The molecular weight excluding hydrogens is 330 g/mol. The second-order valence-corrected chi connectivity index (χ2v) is 5.23. The normalized spacial score (nSPS) is 9.54. The number of nitrogens with two attached hydrogens (primary N) is 1. The van der Waals surface area contributed by atoms with Gasteiger partial charge in [0.1, 0.15) is 0 Å². The molecule has 3 N–H and O–H groups in total. The highest BCUT2D eigenvalue weighted by Crippen LogP contribution is 2.16. The maximum atomic E-state index is 11.8. The lowest BCUT2D eigenvalue weighted by molar-refractivity contribution is -0.116. The number of carbonyl (C=O) groups excluding carboxylic acids is 2. The van der Waals surface area contributed by atoms with Crippen LogP contribution in [0.1, 0.15) is 28.8 Å². The van der Waals surface area contributed by atoms with E-state index in [0.717, 1.165) is 0 Å². The summed E-state index contributed by atoms with van der Waals surface area (Å²) in [6.45, 7) is 1.03. The molecule has 0 unspecified atom stereocenters. The molecule has 0 aliphatic carbocycles. The van der Waals surface area contributed by atoms with Gasteiger partial charge in [0, 0.05) is 17.7 Å². The van der Waals surface area contributed by atoms with Gasteiger partial charge in [-0.3, -0.25) is 9.69 Å². The largest absolute Gasteiger partial charge is 0.465 e. The van der Waals surface area contributed by atoms with Gasteiger partial charge in [-0.1, -0.05) is 11.8 Å². The molecule has 0 fully saturated rings. The van der Waals surface area contributed by atoms with E-state index in [4.69, 9.17) is 10.5 Å². The van der Waals surface area contributed by atoms with Crippen LogP contribution in [-0.2, 0) is 9.53 Å². The zero-order chi connectivity index (χ0) is 17.2. The average molecular weight is 354 g/mol. The number of nitrogens with zero attached hydrogens (tertiary/aromatic N) is 1. The number of hydrogen-bond acceptors (Lipinski definition) is 5. The van der Waals surface area contributed by atoms with Crippen LogP contribution in [-0.4, -0.2) is 51.1 Å². The highest BCUT2D eigenvalue weighted by molar-refractivity contribution is 5.95. The van der Waals surface area contributed by atoms with E-state index in [1.807, 2.05) is 19.0 Å². The molecule has 7 heteroatoms. The maximum absolute atomic E-state index is 11.8. The number of amides is 1. The summed E-state index contributed by atoms with van der Waals surface area (Å²) in [5, 5.41) is 2.78. The Morgan fingerprint density at radius 1 is 1.33 bits per heavy atom. The molecule has 132 valence electrons. The van der Waals surface area contributed by atoms with Crippen molar-refractivity contribution in [1.29, 1.82) is 0 Å². The molecule has 0 aliphatic heterocycles. The van der Waals surface area contributed by atoms with Crippen LogP contribution in [0.4, 0.5) is 5.69 Å². The molecule has 0 saturated carbocycles. The number of hydrogen-bond donors (Lipinski definition) is 2. The van der Waals surface area contributed by atoms with Gasteiger partial charge in [-0.15, -0.1) is 12.4 Å². The average Bonchev–Trinajstić information content (AvgIpc) is 2.52. The molecule has 24 heavy (non-hydrogen) atoms.